The quantitative estimate of drug-likeness (QED) is 0.554. The first-order valence-electron chi connectivity index (χ1n) is 8.88. The van der Waals surface area contributed by atoms with Crippen LogP contribution in [0.2, 0.25) is 10.2 Å². The summed E-state index contributed by atoms with van der Waals surface area (Å²) >= 11 is 12.6. The van der Waals surface area contributed by atoms with Gasteiger partial charge in [-0.2, -0.15) is 0 Å². The Hall–Kier alpha value is -1.60. The number of ether oxygens (including phenoxy) is 2. The van der Waals surface area contributed by atoms with Gasteiger partial charge in [-0.15, -0.1) is 0 Å². The molecule has 2 aromatic rings. The largest absolute Gasteiger partial charge is 0.495 e. The van der Waals surface area contributed by atoms with Crippen LogP contribution < -0.4 is 4.74 Å². The molecule has 6 nitrogen and oxygen atoms in total. The molecule has 0 radical (unpaired) electrons. The second-order valence-electron chi connectivity index (χ2n) is 6.56. The molecule has 1 aliphatic rings. The van der Waals surface area contributed by atoms with E-state index in [-0.39, 0.29) is 11.8 Å². The first-order valence-corrected chi connectivity index (χ1v) is 9.63. The van der Waals surface area contributed by atoms with Crippen molar-refractivity contribution in [2.75, 3.05) is 46.9 Å². The van der Waals surface area contributed by atoms with Gasteiger partial charge in [-0.05, 0) is 31.7 Å². The number of hydrogen-bond donors (Lipinski definition) is 0. The summed E-state index contributed by atoms with van der Waals surface area (Å²) in [5.74, 6) is 0.0673. The molecular weight excluding hydrogens is 389 g/mol. The number of aromatic nitrogens is 1. The number of esters is 1. The fourth-order valence-corrected chi connectivity index (χ4v) is 3.78. The summed E-state index contributed by atoms with van der Waals surface area (Å²) in [5.41, 5.74) is 1.74. The molecule has 3 rings (SSSR count). The van der Waals surface area contributed by atoms with Gasteiger partial charge in [0.15, 0.2) is 0 Å². The third-order valence-electron chi connectivity index (χ3n) is 4.78. The van der Waals surface area contributed by atoms with E-state index in [2.05, 4.69) is 21.8 Å². The molecule has 0 spiro atoms. The molecule has 1 aliphatic heterocycles. The molecule has 2 heterocycles. The Bertz CT molecular complexity index is 852. The SMILES string of the molecule is CCOC(=O)c1c(Cl)nc2cc(Cl)c(OC)cc2c1CN1CCN(C)CC1. The van der Waals surface area contributed by atoms with Gasteiger partial charge >= 0.3 is 5.97 Å². The van der Waals surface area contributed by atoms with E-state index in [9.17, 15) is 4.79 Å². The van der Waals surface area contributed by atoms with E-state index < -0.39 is 5.97 Å². The number of carbonyl (C=O) groups is 1. The van der Waals surface area contributed by atoms with Crippen molar-refractivity contribution in [3.05, 3.63) is 33.4 Å². The van der Waals surface area contributed by atoms with Crippen molar-refractivity contribution in [3.63, 3.8) is 0 Å². The summed E-state index contributed by atoms with van der Waals surface area (Å²) in [4.78, 5) is 21.6. The number of benzene rings is 1. The lowest BCUT2D eigenvalue weighted by Crippen LogP contribution is -2.44. The van der Waals surface area contributed by atoms with Crippen LogP contribution in [0.15, 0.2) is 12.1 Å². The van der Waals surface area contributed by atoms with Crippen LogP contribution in [0.5, 0.6) is 5.75 Å². The van der Waals surface area contributed by atoms with Crippen LogP contribution in [-0.2, 0) is 11.3 Å². The molecule has 1 aromatic heterocycles. The summed E-state index contributed by atoms with van der Waals surface area (Å²) in [6.45, 7) is 6.37. The minimum Gasteiger partial charge on any atom is -0.495 e. The van der Waals surface area contributed by atoms with Crippen LogP contribution in [-0.4, -0.2) is 67.7 Å². The maximum atomic E-state index is 12.6. The van der Waals surface area contributed by atoms with E-state index >= 15 is 0 Å². The summed E-state index contributed by atoms with van der Waals surface area (Å²) in [7, 11) is 3.66. The average Bonchev–Trinajstić information content (AvgIpc) is 2.63. The lowest BCUT2D eigenvalue weighted by atomic mass is 10.0. The average molecular weight is 412 g/mol. The van der Waals surface area contributed by atoms with Gasteiger partial charge in [0.05, 0.1) is 24.3 Å². The molecule has 1 fully saturated rings. The monoisotopic (exact) mass is 411 g/mol. The number of halogens is 2. The molecule has 146 valence electrons. The van der Waals surface area contributed by atoms with Crippen LogP contribution >= 0.6 is 23.2 Å². The molecule has 0 bridgehead atoms. The third-order valence-corrected chi connectivity index (χ3v) is 5.35. The second-order valence-corrected chi connectivity index (χ2v) is 7.33. The number of methoxy groups -OCH3 is 1. The molecule has 0 atom stereocenters. The normalized spacial score (nSPS) is 15.9. The number of nitrogens with zero attached hydrogens (tertiary/aromatic N) is 3. The Balaban J connectivity index is 2.14. The fraction of sp³-hybridized carbons (Fsp3) is 0.474. The zero-order chi connectivity index (χ0) is 19.6. The third kappa shape index (κ3) is 4.29. The van der Waals surface area contributed by atoms with Crippen LogP contribution in [0.3, 0.4) is 0 Å². The van der Waals surface area contributed by atoms with E-state index in [0.717, 1.165) is 37.1 Å². The van der Waals surface area contributed by atoms with Gasteiger partial charge in [0.2, 0.25) is 0 Å². The molecule has 8 heteroatoms. The van der Waals surface area contributed by atoms with Gasteiger partial charge in [0.1, 0.15) is 16.5 Å². The maximum absolute atomic E-state index is 12.6. The summed E-state index contributed by atoms with van der Waals surface area (Å²) in [5, 5.41) is 1.37. The molecule has 0 aliphatic carbocycles. The Kier molecular flexibility index (Phi) is 6.42. The smallest absolute Gasteiger partial charge is 0.341 e. The number of rotatable bonds is 5. The van der Waals surface area contributed by atoms with E-state index in [4.69, 9.17) is 32.7 Å². The molecular formula is C19H23Cl2N3O3. The van der Waals surface area contributed by atoms with Gasteiger partial charge in [-0.3, -0.25) is 4.90 Å². The number of fused-ring (bicyclic) bond motifs is 1. The predicted molar refractivity (Wildman–Crippen MR) is 107 cm³/mol. The Morgan fingerprint density at radius 1 is 1.22 bits per heavy atom. The summed E-state index contributed by atoms with van der Waals surface area (Å²) < 4.78 is 10.6. The van der Waals surface area contributed by atoms with Crippen molar-refractivity contribution >= 4 is 40.1 Å². The predicted octanol–water partition coefficient (Wildman–Crippen LogP) is 3.47. The molecule has 0 N–H and O–H groups in total. The van der Waals surface area contributed by atoms with Gasteiger partial charge in [0.25, 0.3) is 0 Å². The second kappa shape index (κ2) is 8.61. The van der Waals surface area contributed by atoms with Crippen molar-refractivity contribution in [1.29, 1.82) is 0 Å². The molecule has 27 heavy (non-hydrogen) atoms. The van der Waals surface area contributed by atoms with Gasteiger partial charge in [-0.25, -0.2) is 9.78 Å². The van der Waals surface area contributed by atoms with Crippen molar-refractivity contribution in [2.24, 2.45) is 0 Å². The minimum absolute atomic E-state index is 0.131. The van der Waals surface area contributed by atoms with Gasteiger partial charge in [-0.1, -0.05) is 23.2 Å². The Morgan fingerprint density at radius 3 is 2.56 bits per heavy atom. The Labute approximate surface area is 168 Å². The van der Waals surface area contributed by atoms with Crippen LogP contribution in [0.25, 0.3) is 10.9 Å². The molecule has 0 amide bonds. The highest BCUT2D eigenvalue weighted by molar-refractivity contribution is 6.34. The van der Waals surface area contributed by atoms with Crippen LogP contribution in [0.1, 0.15) is 22.8 Å². The van der Waals surface area contributed by atoms with Crippen molar-refractivity contribution in [3.8, 4) is 5.75 Å². The highest BCUT2D eigenvalue weighted by Crippen LogP contribution is 2.35. The summed E-state index contributed by atoms with van der Waals surface area (Å²) in [6, 6.07) is 3.53. The highest BCUT2D eigenvalue weighted by Gasteiger charge is 2.25. The lowest BCUT2D eigenvalue weighted by Gasteiger charge is -2.33. The highest BCUT2D eigenvalue weighted by atomic mass is 35.5. The fourth-order valence-electron chi connectivity index (χ4n) is 3.26. The first-order chi connectivity index (χ1) is 12.9. The number of carbonyl (C=O) groups excluding carboxylic acids is 1. The zero-order valence-electron chi connectivity index (χ0n) is 15.7. The van der Waals surface area contributed by atoms with E-state index in [1.165, 1.54) is 0 Å². The van der Waals surface area contributed by atoms with Crippen molar-refractivity contribution < 1.29 is 14.3 Å². The Morgan fingerprint density at radius 2 is 1.93 bits per heavy atom. The number of hydrogen-bond acceptors (Lipinski definition) is 6. The lowest BCUT2D eigenvalue weighted by molar-refractivity contribution is 0.0523. The number of pyridine rings is 1. The molecule has 1 aromatic carbocycles. The first kappa shape index (κ1) is 20.1. The van der Waals surface area contributed by atoms with E-state index in [1.807, 2.05) is 6.07 Å². The van der Waals surface area contributed by atoms with Crippen molar-refractivity contribution in [1.82, 2.24) is 14.8 Å². The molecule has 0 unspecified atom stereocenters. The van der Waals surface area contributed by atoms with Crippen LogP contribution in [0, 0.1) is 0 Å². The van der Waals surface area contributed by atoms with Gasteiger partial charge in [0, 0.05) is 38.1 Å². The molecule has 1 saturated heterocycles. The maximum Gasteiger partial charge on any atom is 0.341 e. The van der Waals surface area contributed by atoms with E-state index in [0.29, 0.717) is 28.4 Å². The number of piperazine rings is 1. The topological polar surface area (TPSA) is 54.9 Å². The minimum atomic E-state index is -0.463. The zero-order valence-corrected chi connectivity index (χ0v) is 17.2. The molecule has 0 saturated carbocycles. The van der Waals surface area contributed by atoms with Gasteiger partial charge < -0.3 is 14.4 Å². The van der Waals surface area contributed by atoms with Crippen molar-refractivity contribution in [2.45, 2.75) is 13.5 Å². The standard InChI is InChI=1S/C19H23Cl2N3O3/c1-4-27-19(25)17-13(11-24-7-5-23(2)6-8-24)12-9-16(26-3)14(20)10-15(12)22-18(17)21/h9-10H,4-8,11H2,1-3H3. The number of likely N-dealkylation sites (N-methyl/N-ethyl adjacent to an activating group) is 1. The van der Waals surface area contributed by atoms with Crippen LogP contribution in [0.4, 0.5) is 0 Å². The summed E-state index contributed by atoms with van der Waals surface area (Å²) in [6.07, 6.45) is 0. The van der Waals surface area contributed by atoms with E-state index in [1.54, 1.807) is 20.1 Å².